The molecule has 0 aliphatic heterocycles. The quantitative estimate of drug-likeness (QED) is 0.624. The smallest absolute Gasteiger partial charge is 0.312 e. The molecule has 0 spiro atoms. The van der Waals surface area contributed by atoms with E-state index < -0.39 is 18.4 Å². The van der Waals surface area contributed by atoms with Crippen molar-refractivity contribution in [1.82, 2.24) is 10.3 Å². The van der Waals surface area contributed by atoms with Gasteiger partial charge in [0.05, 0.1) is 12.6 Å². The van der Waals surface area contributed by atoms with E-state index in [1.54, 1.807) is 0 Å². The monoisotopic (exact) mass is 222 g/mol. The number of aromatic nitrogens is 1. The molecule has 84 valence electrons. The number of alkyl halides is 3. The predicted molar refractivity (Wildman–Crippen MR) is 46.6 cm³/mol. The van der Waals surface area contributed by atoms with Crippen LogP contribution in [0.4, 0.5) is 17.6 Å². The molecule has 0 fully saturated rings. The topological polar surface area (TPSA) is 24.9 Å². The Morgan fingerprint density at radius 2 is 2.00 bits per heavy atom. The van der Waals surface area contributed by atoms with Gasteiger partial charge >= 0.3 is 6.18 Å². The lowest BCUT2D eigenvalue weighted by atomic mass is 10.3. The maximum absolute atomic E-state index is 12.6. The van der Waals surface area contributed by atoms with Gasteiger partial charge in [0.2, 0.25) is 0 Å². The fourth-order valence-electron chi connectivity index (χ4n) is 1.02. The Morgan fingerprint density at radius 3 is 2.60 bits per heavy atom. The van der Waals surface area contributed by atoms with Crippen LogP contribution in [0.1, 0.15) is 12.0 Å². The lowest BCUT2D eigenvalue weighted by Crippen LogP contribution is -2.21. The van der Waals surface area contributed by atoms with Gasteiger partial charge in [-0.1, -0.05) is 0 Å². The van der Waals surface area contributed by atoms with Crippen LogP contribution in [0, 0.1) is 5.82 Å². The lowest BCUT2D eigenvalue weighted by Gasteiger charge is -2.07. The van der Waals surface area contributed by atoms with E-state index in [4.69, 9.17) is 0 Å². The van der Waals surface area contributed by atoms with E-state index in [2.05, 4.69) is 10.3 Å². The minimum atomic E-state index is -4.16. The first-order chi connectivity index (χ1) is 6.97. The van der Waals surface area contributed by atoms with E-state index in [0.717, 1.165) is 6.20 Å². The van der Waals surface area contributed by atoms with Crippen molar-refractivity contribution in [2.75, 3.05) is 6.54 Å². The number of rotatable bonds is 4. The third-order valence-electron chi connectivity index (χ3n) is 1.68. The zero-order chi connectivity index (χ0) is 11.3. The molecule has 0 saturated heterocycles. The van der Waals surface area contributed by atoms with Crippen molar-refractivity contribution in [3.05, 3.63) is 29.8 Å². The first-order valence-corrected chi connectivity index (χ1v) is 4.34. The first kappa shape index (κ1) is 11.9. The van der Waals surface area contributed by atoms with E-state index in [9.17, 15) is 17.6 Å². The van der Waals surface area contributed by atoms with Crippen molar-refractivity contribution >= 4 is 0 Å². The molecule has 15 heavy (non-hydrogen) atoms. The molecule has 0 aliphatic carbocycles. The average Bonchev–Trinajstić information content (AvgIpc) is 2.11. The molecule has 1 aromatic heterocycles. The van der Waals surface area contributed by atoms with Gasteiger partial charge in [0.25, 0.3) is 0 Å². The zero-order valence-corrected chi connectivity index (χ0v) is 7.81. The molecule has 0 saturated carbocycles. The van der Waals surface area contributed by atoms with Crippen LogP contribution < -0.4 is 5.32 Å². The van der Waals surface area contributed by atoms with Gasteiger partial charge in [0.15, 0.2) is 0 Å². The normalized spacial score (nSPS) is 11.7. The second kappa shape index (κ2) is 5.06. The van der Waals surface area contributed by atoms with Gasteiger partial charge in [-0.15, -0.1) is 0 Å². The SMILES string of the molecule is Fc1cncc(CNCCC(F)(F)F)c1. The minimum Gasteiger partial charge on any atom is -0.312 e. The largest absolute Gasteiger partial charge is 0.390 e. The number of pyridine rings is 1. The number of nitrogens with zero attached hydrogens (tertiary/aromatic N) is 1. The van der Waals surface area contributed by atoms with Crippen molar-refractivity contribution < 1.29 is 17.6 Å². The van der Waals surface area contributed by atoms with Crippen molar-refractivity contribution in [2.24, 2.45) is 0 Å². The van der Waals surface area contributed by atoms with Gasteiger partial charge in [-0.05, 0) is 11.6 Å². The molecular formula is C9H10F4N2. The molecule has 0 aliphatic rings. The molecular weight excluding hydrogens is 212 g/mol. The Balaban J connectivity index is 2.26. The van der Waals surface area contributed by atoms with Crippen LogP contribution in [0.5, 0.6) is 0 Å². The molecule has 0 bridgehead atoms. The van der Waals surface area contributed by atoms with Crippen LogP contribution in [-0.4, -0.2) is 17.7 Å². The van der Waals surface area contributed by atoms with Crippen LogP contribution >= 0.6 is 0 Å². The van der Waals surface area contributed by atoms with Gasteiger partial charge in [0.1, 0.15) is 5.82 Å². The third kappa shape index (κ3) is 5.31. The Kier molecular flexibility index (Phi) is 4.02. The molecule has 0 aromatic carbocycles. The molecule has 1 heterocycles. The van der Waals surface area contributed by atoms with Crippen LogP contribution in [0.15, 0.2) is 18.5 Å². The highest BCUT2D eigenvalue weighted by atomic mass is 19.4. The molecule has 1 rings (SSSR count). The standard InChI is InChI=1S/C9H10F4N2/c10-8-3-7(5-15-6-8)4-14-2-1-9(11,12)13/h3,5-6,14H,1-2,4H2. The zero-order valence-electron chi connectivity index (χ0n) is 7.81. The Bertz CT molecular complexity index is 311. The summed E-state index contributed by atoms with van der Waals surface area (Å²) >= 11 is 0. The molecule has 1 N–H and O–H groups in total. The second-order valence-electron chi connectivity index (χ2n) is 3.05. The molecule has 0 atom stereocenters. The van der Waals surface area contributed by atoms with Gasteiger partial charge in [-0.3, -0.25) is 4.98 Å². The predicted octanol–water partition coefficient (Wildman–Crippen LogP) is 2.26. The summed E-state index contributed by atoms with van der Waals surface area (Å²) in [6, 6.07) is 1.23. The molecule has 1 aromatic rings. The van der Waals surface area contributed by atoms with Crippen molar-refractivity contribution in [3.8, 4) is 0 Å². The average molecular weight is 222 g/mol. The van der Waals surface area contributed by atoms with Crippen LogP contribution in [0.2, 0.25) is 0 Å². The first-order valence-electron chi connectivity index (χ1n) is 4.34. The van der Waals surface area contributed by atoms with E-state index in [-0.39, 0.29) is 13.1 Å². The van der Waals surface area contributed by atoms with E-state index >= 15 is 0 Å². The number of halogens is 4. The summed E-state index contributed by atoms with van der Waals surface area (Å²) in [6.45, 7) is 0.000847. The number of nitrogens with one attached hydrogen (secondary N) is 1. The highest BCUT2D eigenvalue weighted by Gasteiger charge is 2.25. The van der Waals surface area contributed by atoms with Gasteiger partial charge in [-0.2, -0.15) is 13.2 Å². The molecule has 0 amide bonds. The Morgan fingerprint density at radius 1 is 1.27 bits per heavy atom. The van der Waals surface area contributed by atoms with Gasteiger partial charge < -0.3 is 5.32 Å². The fourth-order valence-corrected chi connectivity index (χ4v) is 1.02. The van der Waals surface area contributed by atoms with Gasteiger partial charge in [-0.25, -0.2) is 4.39 Å². The third-order valence-corrected chi connectivity index (χ3v) is 1.68. The summed E-state index contributed by atoms with van der Waals surface area (Å²) < 4.78 is 47.8. The number of hydrogen-bond donors (Lipinski definition) is 1. The number of hydrogen-bond acceptors (Lipinski definition) is 2. The van der Waals surface area contributed by atoms with Crippen molar-refractivity contribution in [3.63, 3.8) is 0 Å². The van der Waals surface area contributed by atoms with E-state index in [1.165, 1.54) is 12.3 Å². The van der Waals surface area contributed by atoms with Crippen LogP contribution in [-0.2, 0) is 6.54 Å². The van der Waals surface area contributed by atoms with Gasteiger partial charge in [0, 0.05) is 19.3 Å². The summed E-state index contributed by atoms with van der Waals surface area (Å²) in [5, 5.41) is 2.56. The van der Waals surface area contributed by atoms with Crippen LogP contribution in [0.3, 0.4) is 0 Å². The maximum Gasteiger partial charge on any atom is 0.390 e. The van der Waals surface area contributed by atoms with Crippen LogP contribution in [0.25, 0.3) is 0 Å². The Labute approximate surface area is 84.3 Å². The summed E-state index contributed by atoms with van der Waals surface area (Å²) in [6.07, 6.45) is -2.61. The minimum absolute atomic E-state index is 0.181. The van der Waals surface area contributed by atoms with Crippen molar-refractivity contribution in [1.29, 1.82) is 0 Å². The van der Waals surface area contributed by atoms with E-state index in [1.807, 2.05) is 0 Å². The highest BCUT2D eigenvalue weighted by Crippen LogP contribution is 2.18. The molecule has 2 nitrogen and oxygen atoms in total. The molecule has 0 radical (unpaired) electrons. The maximum atomic E-state index is 12.6. The molecule has 6 heteroatoms. The summed E-state index contributed by atoms with van der Waals surface area (Å²) in [5.41, 5.74) is 0.525. The summed E-state index contributed by atoms with van der Waals surface area (Å²) in [7, 11) is 0. The summed E-state index contributed by atoms with van der Waals surface area (Å²) in [5.74, 6) is -0.495. The second-order valence-corrected chi connectivity index (χ2v) is 3.05. The molecule has 0 unspecified atom stereocenters. The van der Waals surface area contributed by atoms with Crippen molar-refractivity contribution in [2.45, 2.75) is 19.1 Å². The van der Waals surface area contributed by atoms with E-state index in [0.29, 0.717) is 5.56 Å². The highest BCUT2D eigenvalue weighted by molar-refractivity contribution is 5.09. The summed E-state index contributed by atoms with van der Waals surface area (Å²) in [4.78, 5) is 3.57. The Hall–Kier alpha value is -1.17. The lowest BCUT2D eigenvalue weighted by molar-refractivity contribution is -0.133. The fraction of sp³-hybridized carbons (Fsp3) is 0.444.